The van der Waals surface area contributed by atoms with Crippen molar-refractivity contribution in [1.82, 2.24) is 0 Å². The Bertz CT molecular complexity index is 995. The SMILES string of the molecule is COc1cccc(C2COc3c(C)c(C)c(NCc4ccccc4)c(C)c32)c1. The van der Waals surface area contributed by atoms with E-state index in [-0.39, 0.29) is 5.92 Å². The number of hydrogen-bond acceptors (Lipinski definition) is 3. The van der Waals surface area contributed by atoms with Crippen molar-refractivity contribution in [3.63, 3.8) is 0 Å². The molecule has 0 amide bonds. The lowest BCUT2D eigenvalue weighted by atomic mass is 9.86. The van der Waals surface area contributed by atoms with Crippen LogP contribution in [0.25, 0.3) is 0 Å². The minimum Gasteiger partial charge on any atom is -0.497 e. The molecule has 1 heterocycles. The van der Waals surface area contributed by atoms with Gasteiger partial charge in [-0.25, -0.2) is 0 Å². The summed E-state index contributed by atoms with van der Waals surface area (Å²) in [7, 11) is 1.71. The number of methoxy groups -OCH3 is 1. The highest BCUT2D eigenvalue weighted by molar-refractivity contribution is 5.70. The van der Waals surface area contributed by atoms with Crippen molar-refractivity contribution in [2.75, 3.05) is 19.0 Å². The molecule has 3 aromatic carbocycles. The molecule has 1 N–H and O–H groups in total. The van der Waals surface area contributed by atoms with Gasteiger partial charge >= 0.3 is 0 Å². The molecule has 0 spiro atoms. The fraction of sp³-hybridized carbons (Fsp3) is 0.280. The zero-order valence-electron chi connectivity index (χ0n) is 17.0. The van der Waals surface area contributed by atoms with Crippen molar-refractivity contribution in [2.45, 2.75) is 33.2 Å². The van der Waals surface area contributed by atoms with Crippen LogP contribution in [0.2, 0.25) is 0 Å². The maximum atomic E-state index is 6.18. The van der Waals surface area contributed by atoms with Crippen molar-refractivity contribution in [3.05, 3.63) is 88.0 Å². The molecule has 0 aliphatic carbocycles. The molecule has 0 fully saturated rings. The maximum Gasteiger partial charge on any atom is 0.126 e. The topological polar surface area (TPSA) is 30.5 Å². The summed E-state index contributed by atoms with van der Waals surface area (Å²) in [5.74, 6) is 2.16. The highest BCUT2D eigenvalue weighted by Crippen LogP contribution is 2.47. The van der Waals surface area contributed by atoms with Crippen LogP contribution in [0.4, 0.5) is 5.69 Å². The van der Waals surface area contributed by atoms with Crippen molar-refractivity contribution in [3.8, 4) is 11.5 Å². The summed E-state index contributed by atoms with van der Waals surface area (Å²) in [5.41, 5.74) is 8.79. The Morgan fingerprint density at radius 3 is 2.50 bits per heavy atom. The second kappa shape index (κ2) is 7.59. The van der Waals surface area contributed by atoms with E-state index in [9.17, 15) is 0 Å². The molecule has 4 rings (SSSR count). The second-order valence-corrected chi connectivity index (χ2v) is 7.47. The van der Waals surface area contributed by atoms with Gasteiger partial charge in [0, 0.05) is 23.7 Å². The van der Waals surface area contributed by atoms with Crippen LogP contribution in [-0.2, 0) is 6.54 Å². The average Bonchev–Trinajstić information content (AvgIpc) is 3.18. The molecule has 3 heteroatoms. The molecule has 0 radical (unpaired) electrons. The standard InChI is InChI=1S/C25H27NO2/c1-16-17(2)25-23(18(3)24(16)26-14-19-9-6-5-7-10-19)22(15-28-25)20-11-8-12-21(13-20)27-4/h5-13,22,26H,14-15H2,1-4H3. The summed E-state index contributed by atoms with van der Waals surface area (Å²) in [6.45, 7) is 8.03. The van der Waals surface area contributed by atoms with Gasteiger partial charge in [0.05, 0.1) is 13.7 Å². The van der Waals surface area contributed by atoms with E-state index in [1.54, 1.807) is 7.11 Å². The summed E-state index contributed by atoms with van der Waals surface area (Å²) in [6.07, 6.45) is 0. The number of benzene rings is 3. The number of fused-ring (bicyclic) bond motifs is 1. The first-order valence-electron chi connectivity index (χ1n) is 9.78. The Hall–Kier alpha value is -2.94. The number of anilines is 1. The van der Waals surface area contributed by atoms with E-state index in [0.717, 1.165) is 18.0 Å². The van der Waals surface area contributed by atoms with Gasteiger partial charge in [-0.2, -0.15) is 0 Å². The summed E-state index contributed by atoms with van der Waals surface area (Å²) >= 11 is 0. The summed E-state index contributed by atoms with van der Waals surface area (Å²) in [6, 6.07) is 18.8. The van der Waals surface area contributed by atoms with Gasteiger partial charge in [0.2, 0.25) is 0 Å². The predicted molar refractivity (Wildman–Crippen MR) is 115 cm³/mol. The van der Waals surface area contributed by atoms with Gasteiger partial charge in [-0.3, -0.25) is 0 Å². The van der Waals surface area contributed by atoms with Crippen LogP contribution in [0.1, 0.15) is 39.3 Å². The Balaban J connectivity index is 1.73. The van der Waals surface area contributed by atoms with Gasteiger partial charge in [0.1, 0.15) is 11.5 Å². The van der Waals surface area contributed by atoms with E-state index in [0.29, 0.717) is 6.61 Å². The lowest BCUT2D eigenvalue weighted by Crippen LogP contribution is -2.08. The molecule has 3 nitrogen and oxygen atoms in total. The molecular weight excluding hydrogens is 346 g/mol. The van der Waals surface area contributed by atoms with Crippen LogP contribution in [0.3, 0.4) is 0 Å². The maximum absolute atomic E-state index is 6.18. The smallest absolute Gasteiger partial charge is 0.126 e. The van der Waals surface area contributed by atoms with Crippen molar-refractivity contribution < 1.29 is 9.47 Å². The van der Waals surface area contributed by atoms with E-state index in [4.69, 9.17) is 9.47 Å². The third-order valence-corrected chi connectivity index (χ3v) is 5.85. The van der Waals surface area contributed by atoms with E-state index >= 15 is 0 Å². The van der Waals surface area contributed by atoms with Crippen molar-refractivity contribution in [1.29, 1.82) is 0 Å². The number of ether oxygens (including phenoxy) is 2. The lowest BCUT2D eigenvalue weighted by Gasteiger charge is -2.21. The molecule has 1 atom stereocenters. The largest absolute Gasteiger partial charge is 0.497 e. The Morgan fingerprint density at radius 1 is 0.964 bits per heavy atom. The van der Waals surface area contributed by atoms with Gasteiger partial charge < -0.3 is 14.8 Å². The number of nitrogens with one attached hydrogen (secondary N) is 1. The normalized spacial score (nSPS) is 15.1. The molecular formula is C25H27NO2. The number of rotatable bonds is 5. The molecule has 1 unspecified atom stereocenters. The molecule has 1 aliphatic heterocycles. The Morgan fingerprint density at radius 2 is 1.75 bits per heavy atom. The predicted octanol–water partition coefficient (Wildman–Crippen LogP) is 5.76. The molecule has 0 saturated carbocycles. The van der Waals surface area contributed by atoms with Crippen LogP contribution in [0, 0.1) is 20.8 Å². The van der Waals surface area contributed by atoms with Gasteiger partial charge in [-0.05, 0) is 60.7 Å². The van der Waals surface area contributed by atoms with Gasteiger partial charge in [-0.15, -0.1) is 0 Å². The van der Waals surface area contributed by atoms with E-state index < -0.39 is 0 Å². The fourth-order valence-electron chi connectivity index (χ4n) is 4.17. The van der Waals surface area contributed by atoms with E-state index in [1.807, 2.05) is 6.07 Å². The molecule has 3 aromatic rings. The minimum absolute atomic E-state index is 0.224. The minimum atomic E-state index is 0.224. The number of hydrogen-bond donors (Lipinski definition) is 1. The van der Waals surface area contributed by atoms with Gasteiger partial charge in [-0.1, -0.05) is 42.5 Å². The highest BCUT2D eigenvalue weighted by Gasteiger charge is 2.31. The first-order chi connectivity index (χ1) is 13.6. The Kier molecular flexibility index (Phi) is 4.99. The molecule has 1 aliphatic rings. The lowest BCUT2D eigenvalue weighted by molar-refractivity contribution is 0.340. The molecule has 0 bridgehead atoms. The summed E-state index contributed by atoms with van der Waals surface area (Å²) in [4.78, 5) is 0. The second-order valence-electron chi connectivity index (χ2n) is 7.47. The third-order valence-electron chi connectivity index (χ3n) is 5.85. The van der Waals surface area contributed by atoms with Crippen LogP contribution < -0.4 is 14.8 Å². The van der Waals surface area contributed by atoms with Crippen LogP contribution in [0.5, 0.6) is 11.5 Å². The van der Waals surface area contributed by atoms with Crippen LogP contribution in [0.15, 0.2) is 54.6 Å². The van der Waals surface area contributed by atoms with Crippen molar-refractivity contribution >= 4 is 5.69 Å². The zero-order valence-corrected chi connectivity index (χ0v) is 17.0. The monoisotopic (exact) mass is 373 g/mol. The fourth-order valence-corrected chi connectivity index (χ4v) is 4.17. The van der Waals surface area contributed by atoms with Crippen molar-refractivity contribution in [2.24, 2.45) is 0 Å². The van der Waals surface area contributed by atoms with Gasteiger partial charge in [0.25, 0.3) is 0 Å². The van der Waals surface area contributed by atoms with Crippen LogP contribution >= 0.6 is 0 Å². The first kappa shape index (κ1) is 18.4. The quantitative estimate of drug-likeness (QED) is 0.617. The Labute approximate surface area is 167 Å². The summed E-state index contributed by atoms with van der Waals surface area (Å²) in [5, 5.41) is 3.68. The zero-order chi connectivity index (χ0) is 19.7. The average molecular weight is 373 g/mol. The third kappa shape index (κ3) is 3.22. The molecule has 0 saturated heterocycles. The first-order valence-corrected chi connectivity index (χ1v) is 9.78. The van der Waals surface area contributed by atoms with Crippen LogP contribution in [-0.4, -0.2) is 13.7 Å². The molecule has 144 valence electrons. The van der Waals surface area contributed by atoms with Gasteiger partial charge in [0.15, 0.2) is 0 Å². The highest BCUT2D eigenvalue weighted by atomic mass is 16.5. The molecule has 0 aromatic heterocycles. The van der Waals surface area contributed by atoms with E-state index in [1.165, 1.54) is 39.1 Å². The molecule has 28 heavy (non-hydrogen) atoms. The van der Waals surface area contributed by atoms with E-state index in [2.05, 4.69) is 74.6 Å². The summed E-state index contributed by atoms with van der Waals surface area (Å²) < 4.78 is 11.6.